The third-order valence-corrected chi connectivity index (χ3v) is 4.00. The van der Waals surface area contributed by atoms with Gasteiger partial charge in [0.25, 0.3) is 0 Å². The van der Waals surface area contributed by atoms with Crippen LogP contribution in [0, 0.1) is 5.92 Å². The quantitative estimate of drug-likeness (QED) is 0.919. The van der Waals surface area contributed by atoms with Crippen LogP contribution in [0.2, 0.25) is 0 Å². The van der Waals surface area contributed by atoms with E-state index in [2.05, 4.69) is 28.2 Å². The van der Waals surface area contributed by atoms with Gasteiger partial charge in [0.05, 0.1) is 0 Å². The molecule has 1 fully saturated rings. The van der Waals surface area contributed by atoms with E-state index >= 15 is 0 Å². The highest BCUT2D eigenvalue weighted by Gasteiger charge is 2.20. The highest BCUT2D eigenvalue weighted by atomic mass is 79.9. The number of hydrogen-bond acceptors (Lipinski definition) is 2. The lowest BCUT2D eigenvalue weighted by atomic mass is 10.00. The molecule has 1 aliphatic rings. The lowest BCUT2D eigenvalue weighted by molar-refractivity contribution is -0.132. The number of carbonyl (C=O) groups excluding carboxylic acids is 1. The van der Waals surface area contributed by atoms with Crippen molar-refractivity contribution in [3.05, 3.63) is 28.7 Å². The van der Waals surface area contributed by atoms with Crippen LogP contribution in [0.1, 0.15) is 26.2 Å². The monoisotopic (exact) mass is 324 g/mol. The Labute approximate surface area is 123 Å². The third kappa shape index (κ3) is 4.53. The second kappa shape index (κ2) is 6.94. The van der Waals surface area contributed by atoms with Crippen LogP contribution >= 0.6 is 15.9 Å². The van der Waals surface area contributed by atoms with Crippen LogP contribution in [0.15, 0.2) is 28.7 Å². The van der Waals surface area contributed by atoms with Gasteiger partial charge in [0, 0.05) is 36.2 Å². The minimum absolute atomic E-state index is 0.272. The minimum atomic E-state index is 0.272. The zero-order valence-corrected chi connectivity index (χ0v) is 12.9. The van der Waals surface area contributed by atoms with E-state index in [-0.39, 0.29) is 5.91 Å². The maximum absolute atomic E-state index is 12.1. The fourth-order valence-electron chi connectivity index (χ4n) is 2.49. The number of halogens is 1. The number of carbonyl (C=O) groups is 1. The van der Waals surface area contributed by atoms with Gasteiger partial charge in [-0.05, 0) is 37.0 Å². The van der Waals surface area contributed by atoms with Gasteiger partial charge in [0.15, 0.2) is 0 Å². The number of likely N-dealkylation sites (tertiary alicyclic amines) is 1. The highest BCUT2D eigenvalue weighted by molar-refractivity contribution is 9.10. The fourth-order valence-corrected chi connectivity index (χ4v) is 2.89. The van der Waals surface area contributed by atoms with E-state index in [1.807, 2.05) is 29.2 Å². The van der Waals surface area contributed by atoms with Crippen LogP contribution in [0.25, 0.3) is 0 Å². The summed E-state index contributed by atoms with van der Waals surface area (Å²) in [5.41, 5.74) is 1.05. The van der Waals surface area contributed by atoms with Gasteiger partial charge in [-0.15, -0.1) is 0 Å². The number of rotatable bonds is 4. The minimum Gasteiger partial charge on any atom is -0.384 e. The van der Waals surface area contributed by atoms with E-state index in [1.165, 1.54) is 6.42 Å². The standard InChI is InChI=1S/C15H21BrN2O/c1-12-4-3-9-18(11-12)15(19)7-8-17-14-6-2-5-13(16)10-14/h2,5-6,10,12,17H,3-4,7-9,11H2,1H3. The molecule has 3 nitrogen and oxygen atoms in total. The summed E-state index contributed by atoms with van der Waals surface area (Å²) in [5.74, 6) is 0.921. The number of hydrogen-bond donors (Lipinski definition) is 1. The largest absolute Gasteiger partial charge is 0.384 e. The maximum atomic E-state index is 12.1. The van der Waals surface area contributed by atoms with Crippen molar-refractivity contribution < 1.29 is 4.79 Å². The smallest absolute Gasteiger partial charge is 0.224 e. The Morgan fingerprint density at radius 1 is 1.53 bits per heavy atom. The summed E-state index contributed by atoms with van der Waals surface area (Å²) in [6.45, 7) is 4.77. The summed E-state index contributed by atoms with van der Waals surface area (Å²) < 4.78 is 1.05. The van der Waals surface area contributed by atoms with Crippen LogP contribution in [0.5, 0.6) is 0 Å². The molecule has 1 heterocycles. The normalized spacial score (nSPS) is 19.3. The summed E-state index contributed by atoms with van der Waals surface area (Å²) in [5, 5.41) is 3.29. The number of amides is 1. The summed E-state index contributed by atoms with van der Waals surface area (Å²) in [6.07, 6.45) is 2.96. The second-order valence-corrected chi connectivity index (χ2v) is 6.19. The van der Waals surface area contributed by atoms with Crippen LogP contribution in [-0.4, -0.2) is 30.4 Å². The fraction of sp³-hybridized carbons (Fsp3) is 0.533. The van der Waals surface area contributed by atoms with Crippen molar-refractivity contribution in [3.8, 4) is 0 Å². The molecule has 1 amide bonds. The number of anilines is 1. The molecule has 0 saturated carbocycles. The zero-order valence-electron chi connectivity index (χ0n) is 11.4. The number of piperidine rings is 1. The van der Waals surface area contributed by atoms with Gasteiger partial charge in [-0.1, -0.05) is 28.9 Å². The molecular weight excluding hydrogens is 304 g/mol. The van der Waals surface area contributed by atoms with Crippen molar-refractivity contribution >= 4 is 27.5 Å². The summed E-state index contributed by atoms with van der Waals surface area (Å²) in [6, 6.07) is 8.01. The zero-order chi connectivity index (χ0) is 13.7. The highest BCUT2D eigenvalue weighted by Crippen LogP contribution is 2.17. The van der Waals surface area contributed by atoms with Crippen molar-refractivity contribution in [1.29, 1.82) is 0 Å². The van der Waals surface area contributed by atoms with Crippen molar-refractivity contribution in [2.45, 2.75) is 26.2 Å². The van der Waals surface area contributed by atoms with Crippen LogP contribution in [0.3, 0.4) is 0 Å². The molecule has 1 aromatic rings. The molecule has 4 heteroatoms. The van der Waals surface area contributed by atoms with E-state index in [0.717, 1.165) is 29.7 Å². The molecule has 1 N–H and O–H groups in total. The number of benzene rings is 1. The Hall–Kier alpha value is -1.03. The molecule has 0 aliphatic carbocycles. The van der Waals surface area contributed by atoms with Gasteiger partial charge in [-0.3, -0.25) is 4.79 Å². The molecular formula is C15H21BrN2O. The van der Waals surface area contributed by atoms with Crippen molar-refractivity contribution in [2.75, 3.05) is 25.0 Å². The first-order valence-corrected chi connectivity index (χ1v) is 7.71. The first-order chi connectivity index (χ1) is 9.15. The lowest BCUT2D eigenvalue weighted by Gasteiger charge is -2.31. The Balaban J connectivity index is 1.74. The van der Waals surface area contributed by atoms with Crippen molar-refractivity contribution in [1.82, 2.24) is 4.90 Å². The number of nitrogens with one attached hydrogen (secondary N) is 1. The summed E-state index contributed by atoms with van der Waals surface area (Å²) in [4.78, 5) is 14.1. The van der Waals surface area contributed by atoms with Gasteiger partial charge in [0.2, 0.25) is 5.91 Å². The molecule has 0 radical (unpaired) electrons. The Kier molecular flexibility index (Phi) is 5.25. The molecule has 19 heavy (non-hydrogen) atoms. The molecule has 0 aromatic heterocycles. The van der Waals surface area contributed by atoms with Crippen LogP contribution < -0.4 is 5.32 Å². The molecule has 1 unspecified atom stereocenters. The van der Waals surface area contributed by atoms with Gasteiger partial charge in [-0.2, -0.15) is 0 Å². The Morgan fingerprint density at radius 2 is 2.37 bits per heavy atom. The second-order valence-electron chi connectivity index (χ2n) is 5.27. The van der Waals surface area contributed by atoms with Crippen molar-refractivity contribution in [3.63, 3.8) is 0 Å². The van der Waals surface area contributed by atoms with Crippen LogP contribution in [0.4, 0.5) is 5.69 Å². The molecule has 0 spiro atoms. The summed E-state index contributed by atoms with van der Waals surface area (Å²) >= 11 is 3.44. The maximum Gasteiger partial charge on any atom is 0.224 e. The van der Waals surface area contributed by atoms with Gasteiger partial charge in [0.1, 0.15) is 0 Å². The predicted molar refractivity (Wildman–Crippen MR) is 82.2 cm³/mol. The van der Waals surface area contributed by atoms with Gasteiger partial charge < -0.3 is 10.2 Å². The van der Waals surface area contributed by atoms with E-state index in [9.17, 15) is 4.79 Å². The SMILES string of the molecule is CC1CCCN(C(=O)CCNc2cccc(Br)c2)C1. The molecule has 1 aromatic carbocycles. The number of nitrogens with zero attached hydrogens (tertiary/aromatic N) is 1. The molecule has 1 aliphatic heterocycles. The Bertz CT molecular complexity index is 436. The predicted octanol–water partition coefficient (Wildman–Crippen LogP) is 3.51. The van der Waals surface area contributed by atoms with Gasteiger partial charge in [-0.25, -0.2) is 0 Å². The van der Waals surface area contributed by atoms with E-state index in [1.54, 1.807) is 0 Å². The van der Waals surface area contributed by atoms with E-state index in [0.29, 0.717) is 18.9 Å². The van der Waals surface area contributed by atoms with Crippen LogP contribution in [-0.2, 0) is 4.79 Å². The summed E-state index contributed by atoms with van der Waals surface area (Å²) in [7, 11) is 0. The first-order valence-electron chi connectivity index (χ1n) is 6.92. The third-order valence-electron chi connectivity index (χ3n) is 3.50. The lowest BCUT2D eigenvalue weighted by Crippen LogP contribution is -2.39. The molecule has 1 saturated heterocycles. The van der Waals surface area contributed by atoms with Crippen molar-refractivity contribution in [2.24, 2.45) is 5.92 Å². The van der Waals surface area contributed by atoms with E-state index in [4.69, 9.17) is 0 Å². The van der Waals surface area contributed by atoms with E-state index < -0.39 is 0 Å². The molecule has 2 rings (SSSR count). The molecule has 104 valence electrons. The van der Waals surface area contributed by atoms with Gasteiger partial charge >= 0.3 is 0 Å². The topological polar surface area (TPSA) is 32.3 Å². The Morgan fingerprint density at radius 3 is 3.11 bits per heavy atom. The average molecular weight is 325 g/mol. The molecule has 1 atom stereocenters. The first kappa shape index (κ1) is 14.4. The molecule has 0 bridgehead atoms. The average Bonchev–Trinajstić information content (AvgIpc) is 2.38.